The minimum Gasteiger partial charge on any atom is -0.422 e. The van der Waals surface area contributed by atoms with Gasteiger partial charge in [0.1, 0.15) is 0 Å². The molecule has 0 atom stereocenters. The molecule has 1 aromatic heterocycles. The van der Waals surface area contributed by atoms with Crippen LogP contribution in [0.4, 0.5) is 5.69 Å². The first-order valence-electron chi connectivity index (χ1n) is 6.75. The van der Waals surface area contributed by atoms with Crippen LogP contribution in [0.1, 0.15) is 0 Å². The molecular formula is C17H11NO4S. The van der Waals surface area contributed by atoms with Crippen molar-refractivity contribution in [3.05, 3.63) is 87.3 Å². The molecule has 0 fully saturated rings. The van der Waals surface area contributed by atoms with Crippen LogP contribution < -0.4 is 5.63 Å². The normalized spacial score (nSPS) is 10.4. The zero-order valence-corrected chi connectivity index (χ0v) is 12.7. The summed E-state index contributed by atoms with van der Waals surface area (Å²) in [5.74, 6) is 0.487. The molecular weight excluding hydrogens is 314 g/mol. The van der Waals surface area contributed by atoms with Crippen LogP contribution in [0, 0.1) is 10.1 Å². The van der Waals surface area contributed by atoms with E-state index in [0.717, 1.165) is 15.4 Å². The van der Waals surface area contributed by atoms with Gasteiger partial charge in [0.05, 0.1) is 9.82 Å². The number of non-ortho nitro benzene ring substituents is 1. The van der Waals surface area contributed by atoms with Crippen molar-refractivity contribution in [3.63, 3.8) is 0 Å². The molecule has 0 amide bonds. The first kappa shape index (κ1) is 15.1. The molecule has 0 radical (unpaired) electrons. The van der Waals surface area contributed by atoms with Crippen LogP contribution in [0.2, 0.25) is 0 Å². The molecule has 0 saturated carbocycles. The fourth-order valence-electron chi connectivity index (χ4n) is 2.04. The summed E-state index contributed by atoms with van der Waals surface area (Å²) in [5, 5.41) is 10.7. The van der Waals surface area contributed by atoms with Gasteiger partial charge in [0, 0.05) is 28.7 Å². The van der Waals surface area contributed by atoms with Crippen molar-refractivity contribution in [2.75, 3.05) is 0 Å². The van der Waals surface area contributed by atoms with Crippen LogP contribution in [0.15, 0.2) is 85.7 Å². The Kier molecular flexibility index (Phi) is 4.25. The Balaban J connectivity index is 1.97. The Bertz CT molecular complexity index is 888. The number of hydrogen-bond donors (Lipinski definition) is 0. The van der Waals surface area contributed by atoms with Crippen molar-refractivity contribution in [2.24, 2.45) is 0 Å². The highest BCUT2D eigenvalue weighted by atomic mass is 32.2. The van der Waals surface area contributed by atoms with E-state index in [9.17, 15) is 14.9 Å². The van der Waals surface area contributed by atoms with E-state index >= 15 is 0 Å². The minimum absolute atomic E-state index is 0.0391. The standard InChI is InChI=1S/C17H11NO4S/c19-16-11-10-15(17(22-16)12-4-2-1-3-5-12)23-14-8-6-13(7-9-14)18(20)21/h1-11H. The number of rotatable bonds is 4. The molecule has 0 saturated heterocycles. The van der Waals surface area contributed by atoms with Crippen molar-refractivity contribution in [3.8, 4) is 11.3 Å². The molecule has 3 aromatic rings. The lowest BCUT2D eigenvalue weighted by molar-refractivity contribution is -0.384. The highest BCUT2D eigenvalue weighted by Gasteiger charge is 2.11. The van der Waals surface area contributed by atoms with Gasteiger partial charge < -0.3 is 4.42 Å². The summed E-state index contributed by atoms with van der Waals surface area (Å²) in [7, 11) is 0. The second-order valence-electron chi connectivity index (χ2n) is 4.67. The van der Waals surface area contributed by atoms with Crippen molar-refractivity contribution < 1.29 is 9.34 Å². The molecule has 114 valence electrons. The first-order valence-corrected chi connectivity index (χ1v) is 7.57. The van der Waals surface area contributed by atoms with Gasteiger partial charge in [-0.25, -0.2) is 4.79 Å². The third kappa shape index (κ3) is 3.49. The SMILES string of the molecule is O=c1ccc(Sc2ccc([N+](=O)[O-])cc2)c(-c2ccccc2)o1. The van der Waals surface area contributed by atoms with Crippen LogP contribution in [-0.2, 0) is 0 Å². The second kappa shape index (κ2) is 6.50. The van der Waals surface area contributed by atoms with Crippen molar-refractivity contribution in [1.82, 2.24) is 0 Å². The topological polar surface area (TPSA) is 73.3 Å². The van der Waals surface area contributed by atoms with E-state index in [1.165, 1.54) is 30.0 Å². The lowest BCUT2D eigenvalue weighted by atomic mass is 10.1. The molecule has 23 heavy (non-hydrogen) atoms. The predicted molar refractivity (Wildman–Crippen MR) is 87.6 cm³/mol. The van der Waals surface area contributed by atoms with E-state index in [2.05, 4.69) is 0 Å². The summed E-state index contributed by atoms with van der Waals surface area (Å²) in [5.41, 5.74) is 0.420. The minimum atomic E-state index is -0.439. The quantitative estimate of drug-likeness (QED) is 0.526. The zero-order valence-electron chi connectivity index (χ0n) is 11.8. The van der Waals surface area contributed by atoms with Gasteiger partial charge in [-0.2, -0.15) is 0 Å². The molecule has 0 N–H and O–H groups in total. The van der Waals surface area contributed by atoms with E-state index in [1.54, 1.807) is 18.2 Å². The molecule has 0 unspecified atom stereocenters. The Hall–Kier alpha value is -2.86. The van der Waals surface area contributed by atoms with Gasteiger partial charge in [-0.05, 0) is 18.2 Å². The van der Waals surface area contributed by atoms with Crippen molar-refractivity contribution in [2.45, 2.75) is 9.79 Å². The number of benzene rings is 2. The Labute approximate surface area is 135 Å². The molecule has 5 nitrogen and oxygen atoms in total. The molecule has 0 aliphatic carbocycles. The fourth-order valence-corrected chi connectivity index (χ4v) is 2.95. The number of nitro benzene ring substituents is 1. The van der Waals surface area contributed by atoms with Crippen molar-refractivity contribution in [1.29, 1.82) is 0 Å². The fraction of sp³-hybridized carbons (Fsp3) is 0. The van der Waals surface area contributed by atoms with Crippen LogP contribution in [0.25, 0.3) is 11.3 Å². The Morgan fingerprint density at radius 1 is 0.913 bits per heavy atom. The highest BCUT2D eigenvalue weighted by Crippen LogP contribution is 2.35. The molecule has 0 bridgehead atoms. The largest absolute Gasteiger partial charge is 0.422 e. The van der Waals surface area contributed by atoms with E-state index in [1.807, 2.05) is 30.3 Å². The second-order valence-corrected chi connectivity index (χ2v) is 5.78. The molecule has 2 aromatic carbocycles. The summed E-state index contributed by atoms with van der Waals surface area (Å²) in [6.07, 6.45) is 0. The van der Waals surface area contributed by atoms with E-state index < -0.39 is 10.5 Å². The third-order valence-corrected chi connectivity index (χ3v) is 4.16. The highest BCUT2D eigenvalue weighted by molar-refractivity contribution is 7.99. The average Bonchev–Trinajstić information content (AvgIpc) is 2.58. The van der Waals surface area contributed by atoms with Gasteiger partial charge >= 0.3 is 5.63 Å². The van der Waals surface area contributed by atoms with Gasteiger partial charge in [0.25, 0.3) is 5.69 Å². The van der Waals surface area contributed by atoms with Gasteiger partial charge in [-0.15, -0.1) is 0 Å². The smallest absolute Gasteiger partial charge is 0.336 e. The lowest BCUT2D eigenvalue weighted by Crippen LogP contribution is -1.97. The van der Waals surface area contributed by atoms with Gasteiger partial charge in [0.15, 0.2) is 5.76 Å². The predicted octanol–water partition coefficient (Wildman–Crippen LogP) is 4.37. The van der Waals surface area contributed by atoms with Crippen LogP contribution in [0.3, 0.4) is 0 Å². The van der Waals surface area contributed by atoms with Gasteiger partial charge in [-0.3, -0.25) is 10.1 Å². The maximum absolute atomic E-state index is 11.5. The molecule has 6 heteroatoms. The van der Waals surface area contributed by atoms with E-state index in [0.29, 0.717) is 5.76 Å². The van der Waals surface area contributed by atoms with Crippen LogP contribution in [0.5, 0.6) is 0 Å². The van der Waals surface area contributed by atoms with Crippen molar-refractivity contribution >= 4 is 17.4 Å². The Morgan fingerprint density at radius 3 is 2.26 bits per heavy atom. The van der Waals surface area contributed by atoms with Gasteiger partial charge in [-0.1, -0.05) is 42.1 Å². The maximum Gasteiger partial charge on any atom is 0.336 e. The molecule has 1 heterocycles. The third-order valence-electron chi connectivity index (χ3n) is 3.11. The molecule has 0 aliphatic heterocycles. The summed E-state index contributed by atoms with van der Waals surface area (Å²) >= 11 is 1.38. The maximum atomic E-state index is 11.5. The Morgan fingerprint density at radius 2 is 1.61 bits per heavy atom. The summed E-state index contributed by atoms with van der Waals surface area (Å²) in [4.78, 5) is 23.4. The zero-order chi connectivity index (χ0) is 16.2. The lowest BCUT2D eigenvalue weighted by Gasteiger charge is -2.07. The average molecular weight is 325 g/mol. The summed E-state index contributed by atoms with van der Waals surface area (Å²) in [6, 6.07) is 18.6. The van der Waals surface area contributed by atoms with Crippen LogP contribution in [-0.4, -0.2) is 4.92 Å². The van der Waals surface area contributed by atoms with Crippen LogP contribution >= 0.6 is 11.8 Å². The summed E-state index contributed by atoms with van der Waals surface area (Å²) < 4.78 is 5.34. The monoisotopic (exact) mass is 325 g/mol. The number of nitrogens with zero attached hydrogens (tertiary/aromatic N) is 1. The number of hydrogen-bond acceptors (Lipinski definition) is 5. The van der Waals surface area contributed by atoms with Gasteiger partial charge in [0.2, 0.25) is 0 Å². The molecule has 0 spiro atoms. The molecule has 0 aliphatic rings. The summed E-state index contributed by atoms with van der Waals surface area (Å²) in [6.45, 7) is 0. The number of nitro groups is 1. The first-order chi connectivity index (χ1) is 11.1. The van der Waals surface area contributed by atoms with E-state index in [-0.39, 0.29) is 5.69 Å². The molecule has 3 rings (SSSR count). The van der Waals surface area contributed by atoms with E-state index in [4.69, 9.17) is 4.42 Å².